The highest BCUT2D eigenvalue weighted by molar-refractivity contribution is 6.07. The predicted octanol–water partition coefficient (Wildman–Crippen LogP) is 3.43. The lowest BCUT2D eigenvalue weighted by Gasteiger charge is -2.22. The smallest absolute Gasteiger partial charge is 0.259 e. The number of aromatic nitrogens is 1. The fourth-order valence-electron chi connectivity index (χ4n) is 3.61. The Morgan fingerprint density at radius 2 is 2.00 bits per heavy atom. The number of anilines is 1. The van der Waals surface area contributed by atoms with Crippen LogP contribution in [-0.2, 0) is 13.0 Å². The Kier molecular flexibility index (Phi) is 4.49. The number of hydrogen-bond donors (Lipinski definition) is 2. The number of hydrogen-bond acceptors (Lipinski definition) is 4. The van der Waals surface area contributed by atoms with Crippen LogP contribution in [0.5, 0.6) is 11.5 Å². The number of nitrogens with one attached hydrogen (secondary N) is 2. The third kappa shape index (κ3) is 3.24. The van der Waals surface area contributed by atoms with Gasteiger partial charge in [-0.2, -0.15) is 0 Å². The van der Waals surface area contributed by atoms with Crippen molar-refractivity contribution in [2.45, 2.75) is 13.0 Å². The van der Waals surface area contributed by atoms with Crippen LogP contribution in [0, 0.1) is 0 Å². The van der Waals surface area contributed by atoms with Crippen molar-refractivity contribution in [3.8, 4) is 11.5 Å². The highest BCUT2D eigenvalue weighted by Crippen LogP contribution is 2.30. The SMILES string of the molecule is COc1ccc(C(=O)Nc2ccc3[nH]c4c(c3c2)CN(C)CC4)c(OC)c1. The summed E-state index contributed by atoms with van der Waals surface area (Å²) < 4.78 is 10.5. The molecule has 0 atom stereocenters. The lowest BCUT2D eigenvalue weighted by atomic mass is 10.0. The number of carbonyl (C=O) groups excluding carboxylic acids is 1. The maximum atomic E-state index is 12.8. The summed E-state index contributed by atoms with van der Waals surface area (Å²) in [5.41, 5.74) is 4.95. The number of ether oxygens (including phenoxy) is 2. The second-order valence-electron chi connectivity index (χ2n) is 6.85. The van der Waals surface area contributed by atoms with Gasteiger partial charge in [0.05, 0.1) is 19.8 Å². The maximum absolute atomic E-state index is 12.8. The van der Waals surface area contributed by atoms with Gasteiger partial charge in [0.1, 0.15) is 11.5 Å². The van der Waals surface area contributed by atoms with E-state index < -0.39 is 0 Å². The number of likely N-dealkylation sites (N-methyl/N-ethyl adjacent to an activating group) is 1. The molecule has 6 heteroatoms. The molecule has 0 radical (unpaired) electrons. The van der Waals surface area contributed by atoms with Crippen molar-refractivity contribution in [1.29, 1.82) is 0 Å². The van der Waals surface area contributed by atoms with Crippen molar-refractivity contribution in [2.24, 2.45) is 0 Å². The molecule has 0 saturated heterocycles. The van der Waals surface area contributed by atoms with E-state index in [0.29, 0.717) is 17.1 Å². The summed E-state index contributed by atoms with van der Waals surface area (Å²) >= 11 is 0. The summed E-state index contributed by atoms with van der Waals surface area (Å²) in [6.07, 6.45) is 1.02. The minimum atomic E-state index is -0.213. The van der Waals surface area contributed by atoms with E-state index in [2.05, 4.69) is 22.2 Å². The first-order chi connectivity index (χ1) is 13.1. The molecule has 0 fully saturated rings. The van der Waals surface area contributed by atoms with Crippen molar-refractivity contribution in [3.63, 3.8) is 0 Å². The number of nitrogens with zero attached hydrogens (tertiary/aromatic N) is 1. The summed E-state index contributed by atoms with van der Waals surface area (Å²) in [6, 6.07) is 11.1. The molecule has 0 bridgehead atoms. The van der Waals surface area contributed by atoms with E-state index in [9.17, 15) is 4.79 Å². The average Bonchev–Trinajstić information content (AvgIpc) is 3.04. The highest BCUT2D eigenvalue weighted by Gasteiger charge is 2.19. The van der Waals surface area contributed by atoms with Gasteiger partial charge in [-0.15, -0.1) is 0 Å². The van der Waals surface area contributed by atoms with Gasteiger partial charge in [0.2, 0.25) is 0 Å². The second-order valence-corrected chi connectivity index (χ2v) is 6.85. The first-order valence-electron chi connectivity index (χ1n) is 8.94. The molecule has 0 unspecified atom stereocenters. The van der Waals surface area contributed by atoms with Crippen LogP contribution in [0.25, 0.3) is 10.9 Å². The Bertz CT molecular complexity index is 1010. The molecule has 0 aliphatic carbocycles. The molecule has 3 aromatic rings. The molecular weight excluding hydrogens is 342 g/mol. The van der Waals surface area contributed by atoms with E-state index >= 15 is 0 Å². The van der Waals surface area contributed by atoms with Gasteiger partial charge in [-0.1, -0.05) is 0 Å². The zero-order valence-corrected chi connectivity index (χ0v) is 15.8. The fourth-order valence-corrected chi connectivity index (χ4v) is 3.61. The van der Waals surface area contributed by atoms with E-state index in [0.717, 1.165) is 36.1 Å². The number of aromatic amines is 1. The van der Waals surface area contributed by atoms with E-state index in [1.54, 1.807) is 32.4 Å². The van der Waals surface area contributed by atoms with Gasteiger partial charge in [0.25, 0.3) is 5.91 Å². The molecule has 0 spiro atoms. The second kappa shape index (κ2) is 6.96. The third-order valence-electron chi connectivity index (χ3n) is 5.08. The van der Waals surface area contributed by atoms with Crippen LogP contribution in [0.1, 0.15) is 21.6 Å². The normalized spacial score (nSPS) is 14.0. The maximum Gasteiger partial charge on any atom is 0.259 e. The molecule has 140 valence electrons. The average molecular weight is 365 g/mol. The number of rotatable bonds is 4. The van der Waals surface area contributed by atoms with Crippen LogP contribution >= 0.6 is 0 Å². The molecule has 0 saturated carbocycles. The molecule has 4 rings (SSSR count). The third-order valence-corrected chi connectivity index (χ3v) is 5.08. The van der Waals surface area contributed by atoms with Crippen LogP contribution in [0.3, 0.4) is 0 Å². The molecule has 2 heterocycles. The van der Waals surface area contributed by atoms with E-state index in [-0.39, 0.29) is 5.91 Å². The lowest BCUT2D eigenvalue weighted by molar-refractivity contribution is 0.102. The number of amides is 1. The number of H-pyrrole nitrogens is 1. The summed E-state index contributed by atoms with van der Waals surface area (Å²) in [7, 11) is 5.25. The Morgan fingerprint density at radius 3 is 2.78 bits per heavy atom. The van der Waals surface area contributed by atoms with Crippen LogP contribution in [0.2, 0.25) is 0 Å². The molecule has 2 N–H and O–H groups in total. The quantitative estimate of drug-likeness (QED) is 0.743. The van der Waals surface area contributed by atoms with Crippen molar-refractivity contribution >= 4 is 22.5 Å². The van der Waals surface area contributed by atoms with Gasteiger partial charge >= 0.3 is 0 Å². The molecule has 1 aliphatic heterocycles. The molecule has 6 nitrogen and oxygen atoms in total. The van der Waals surface area contributed by atoms with E-state index in [1.165, 1.54) is 11.3 Å². The molecule has 27 heavy (non-hydrogen) atoms. The van der Waals surface area contributed by atoms with Crippen LogP contribution in [0.4, 0.5) is 5.69 Å². The Labute approximate surface area is 158 Å². The van der Waals surface area contributed by atoms with Gasteiger partial charge in [-0.25, -0.2) is 0 Å². The molecule has 2 aromatic carbocycles. The highest BCUT2D eigenvalue weighted by atomic mass is 16.5. The van der Waals surface area contributed by atoms with Crippen molar-refractivity contribution in [3.05, 3.63) is 53.2 Å². The number of fused-ring (bicyclic) bond motifs is 3. The number of methoxy groups -OCH3 is 2. The first-order valence-corrected chi connectivity index (χ1v) is 8.94. The molecule has 1 aromatic heterocycles. The van der Waals surface area contributed by atoms with Gasteiger partial charge in [-0.3, -0.25) is 4.79 Å². The van der Waals surface area contributed by atoms with Crippen molar-refractivity contribution in [1.82, 2.24) is 9.88 Å². The van der Waals surface area contributed by atoms with Crippen LogP contribution < -0.4 is 14.8 Å². The zero-order chi connectivity index (χ0) is 19.0. The van der Waals surface area contributed by atoms with E-state index in [1.807, 2.05) is 18.2 Å². The fraction of sp³-hybridized carbons (Fsp3) is 0.286. The molecular formula is C21H23N3O3. The zero-order valence-electron chi connectivity index (χ0n) is 15.8. The van der Waals surface area contributed by atoms with Crippen molar-refractivity contribution in [2.75, 3.05) is 33.1 Å². The predicted molar refractivity (Wildman–Crippen MR) is 106 cm³/mol. The Balaban J connectivity index is 1.64. The minimum Gasteiger partial charge on any atom is -0.497 e. The summed E-state index contributed by atoms with van der Waals surface area (Å²) in [6.45, 7) is 1.97. The minimum absolute atomic E-state index is 0.213. The summed E-state index contributed by atoms with van der Waals surface area (Å²) in [5, 5.41) is 4.15. The lowest BCUT2D eigenvalue weighted by Crippen LogP contribution is -2.26. The van der Waals surface area contributed by atoms with Crippen molar-refractivity contribution < 1.29 is 14.3 Å². The molecule has 1 amide bonds. The topological polar surface area (TPSA) is 66.6 Å². The largest absolute Gasteiger partial charge is 0.497 e. The van der Waals surface area contributed by atoms with Gasteiger partial charge in [-0.05, 0) is 42.9 Å². The molecule has 1 aliphatic rings. The van der Waals surface area contributed by atoms with Crippen LogP contribution in [-0.4, -0.2) is 43.6 Å². The monoisotopic (exact) mass is 365 g/mol. The van der Waals surface area contributed by atoms with Gasteiger partial charge in [0, 0.05) is 47.9 Å². The number of benzene rings is 2. The standard InChI is InChI=1S/C21H23N3O3/c1-24-9-8-19-17(12-24)16-10-13(4-7-18(16)23-19)22-21(25)15-6-5-14(26-2)11-20(15)27-3/h4-7,10-11,23H,8-9,12H2,1-3H3,(H,22,25). The number of carbonyl (C=O) groups is 1. The Hall–Kier alpha value is -2.99. The first kappa shape index (κ1) is 17.4. The summed E-state index contributed by atoms with van der Waals surface area (Å²) in [5.74, 6) is 0.914. The van der Waals surface area contributed by atoms with Crippen LogP contribution in [0.15, 0.2) is 36.4 Å². The van der Waals surface area contributed by atoms with Gasteiger partial charge in [0.15, 0.2) is 0 Å². The van der Waals surface area contributed by atoms with Gasteiger partial charge < -0.3 is 24.7 Å². The Morgan fingerprint density at radius 1 is 1.15 bits per heavy atom. The summed E-state index contributed by atoms with van der Waals surface area (Å²) in [4.78, 5) is 18.6. The van der Waals surface area contributed by atoms with E-state index in [4.69, 9.17) is 9.47 Å².